The molecule has 0 radical (unpaired) electrons. The van der Waals surface area contributed by atoms with Crippen molar-refractivity contribution in [3.05, 3.63) is 59.4 Å². The molecule has 0 amide bonds. The highest BCUT2D eigenvalue weighted by molar-refractivity contribution is 5.22. The molecule has 0 aliphatic heterocycles. The topological polar surface area (TPSA) is 30.9 Å². The summed E-state index contributed by atoms with van der Waals surface area (Å²) >= 11 is 0. The number of aromatic nitrogens is 1. The van der Waals surface area contributed by atoms with Crippen LogP contribution < -0.4 is 5.73 Å². The molecule has 1 aromatic carbocycles. The average Bonchev–Trinajstić information content (AvgIpc) is 2.81. The van der Waals surface area contributed by atoms with Gasteiger partial charge < -0.3 is 10.3 Å². The van der Waals surface area contributed by atoms with E-state index in [1.807, 2.05) is 19.2 Å². The van der Waals surface area contributed by atoms with Gasteiger partial charge in [0, 0.05) is 24.0 Å². The van der Waals surface area contributed by atoms with E-state index < -0.39 is 11.6 Å². The van der Waals surface area contributed by atoms with Gasteiger partial charge in [-0.2, -0.15) is 0 Å². The van der Waals surface area contributed by atoms with Crippen LogP contribution in [-0.4, -0.2) is 4.57 Å². The van der Waals surface area contributed by atoms with E-state index in [1.54, 1.807) is 10.8 Å². The van der Waals surface area contributed by atoms with E-state index >= 15 is 0 Å². The summed E-state index contributed by atoms with van der Waals surface area (Å²) < 4.78 is 28.7. The first-order valence-electron chi connectivity index (χ1n) is 5.96. The van der Waals surface area contributed by atoms with Gasteiger partial charge >= 0.3 is 0 Å². The molecule has 0 aliphatic carbocycles. The number of hydrogen-bond donors (Lipinski definition) is 1. The van der Waals surface area contributed by atoms with Gasteiger partial charge in [0.25, 0.3) is 0 Å². The molecular formula is C14H16F2N2. The highest BCUT2D eigenvalue weighted by atomic mass is 19.1. The van der Waals surface area contributed by atoms with Crippen molar-refractivity contribution in [1.82, 2.24) is 4.57 Å². The fourth-order valence-electron chi connectivity index (χ4n) is 1.88. The maximum absolute atomic E-state index is 13.5. The lowest BCUT2D eigenvalue weighted by Crippen LogP contribution is -2.08. The Labute approximate surface area is 105 Å². The zero-order chi connectivity index (χ0) is 13.1. The summed E-state index contributed by atoms with van der Waals surface area (Å²) in [4.78, 5) is 0. The Kier molecular flexibility index (Phi) is 3.77. The highest BCUT2D eigenvalue weighted by Crippen LogP contribution is 2.17. The lowest BCUT2D eigenvalue weighted by atomic mass is 10.1. The zero-order valence-corrected chi connectivity index (χ0v) is 10.2. The van der Waals surface area contributed by atoms with Gasteiger partial charge in [0.15, 0.2) is 0 Å². The summed E-state index contributed by atoms with van der Waals surface area (Å²) in [5, 5.41) is 0. The molecule has 1 aromatic heterocycles. The van der Waals surface area contributed by atoms with Crippen LogP contribution in [0.3, 0.4) is 0 Å². The lowest BCUT2D eigenvalue weighted by molar-refractivity contribution is 0.544. The van der Waals surface area contributed by atoms with Crippen molar-refractivity contribution in [3.63, 3.8) is 0 Å². The van der Waals surface area contributed by atoms with E-state index in [9.17, 15) is 8.78 Å². The van der Waals surface area contributed by atoms with Crippen LogP contribution in [0.5, 0.6) is 0 Å². The quantitative estimate of drug-likeness (QED) is 0.887. The minimum Gasteiger partial charge on any atom is -0.349 e. The van der Waals surface area contributed by atoms with Crippen LogP contribution in [0.2, 0.25) is 0 Å². The Morgan fingerprint density at radius 1 is 1.22 bits per heavy atom. The minimum atomic E-state index is -0.523. The summed E-state index contributed by atoms with van der Waals surface area (Å²) in [6.45, 7) is 2.17. The smallest absolute Gasteiger partial charge is 0.131 e. The molecule has 0 saturated carbocycles. The number of halogens is 2. The Bertz CT molecular complexity index is 514. The molecule has 0 bridgehead atoms. The average molecular weight is 250 g/mol. The van der Waals surface area contributed by atoms with Crippen molar-refractivity contribution in [1.29, 1.82) is 0 Å². The first-order valence-corrected chi connectivity index (χ1v) is 5.96. The van der Waals surface area contributed by atoms with Crippen molar-refractivity contribution >= 4 is 0 Å². The first-order chi connectivity index (χ1) is 8.61. The third kappa shape index (κ3) is 2.59. The van der Waals surface area contributed by atoms with Gasteiger partial charge in [0.2, 0.25) is 0 Å². The van der Waals surface area contributed by atoms with Gasteiger partial charge in [-0.15, -0.1) is 0 Å². The predicted octanol–water partition coefficient (Wildman–Crippen LogP) is 3.22. The number of nitrogens with zero attached hydrogens (tertiary/aromatic N) is 1. The van der Waals surface area contributed by atoms with Crippen molar-refractivity contribution in [2.75, 3.05) is 0 Å². The Hall–Kier alpha value is -1.68. The van der Waals surface area contributed by atoms with Gasteiger partial charge in [0.1, 0.15) is 11.6 Å². The Morgan fingerprint density at radius 2 is 1.89 bits per heavy atom. The summed E-state index contributed by atoms with van der Waals surface area (Å²) in [6, 6.07) is 5.74. The molecule has 0 fully saturated rings. The van der Waals surface area contributed by atoms with E-state index in [4.69, 9.17) is 5.73 Å². The maximum atomic E-state index is 13.5. The van der Waals surface area contributed by atoms with Crippen LogP contribution in [-0.2, 0) is 6.54 Å². The number of hydrogen-bond acceptors (Lipinski definition) is 1. The van der Waals surface area contributed by atoms with Gasteiger partial charge in [-0.1, -0.05) is 13.0 Å². The maximum Gasteiger partial charge on any atom is 0.131 e. The van der Waals surface area contributed by atoms with Crippen LogP contribution in [0, 0.1) is 11.6 Å². The van der Waals surface area contributed by atoms with Crippen LogP contribution in [0.1, 0.15) is 30.5 Å². The van der Waals surface area contributed by atoms with Gasteiger partial charge in [-0.05, 0) is 30.2 Å². The second-order valence-corrected chi connectivity index (χ2v) is 4.33. The van der Waals surface area contributed by atoms with Crippen LogP contribution in [0.4, 0.5) is 8.78 Å². The number of benzene rings is 1. The van der Waals surface area contributed by atoms with Crippen molar-refractivity contribution in [2.45, 2.75) is 25.9 Å². The molecule has 0 spiro atoms. The molecule has 2 aromatic rings. The minimum absolute atomic E-state index is 0.0308. The fraction of sp³-hybridized carbons (Fsp3) is 0.286. The monoisotopic (exact) mass is 250 g/mol. The van der Waals surface area contributed by atoms with Crippen LogP contribution >= 0.6 is 0 Å². The SMILES string of the molecule is CCC(N)c1ccn(Cc2c(F)cccc2F)c1. The Balaban J connectivity index is 2.21. The summed E-state index contributed by atoms with van der Waals surface area (Å²) in [6.07, 6.45) is 4.45. The summed E-state index contributed by atoms with van der Waals surface area (Å²) in [5.41, 5.74) is 6.95. The molecule has 1 heterocycles. The third-order valence-electron chi connectivity index (χ3n) is 3.04. The third-order valence-corrected chi connectivity index (χ3v) is 3.04. The van der Waals surface area contributed by atoms with Crippen molar-refractivity contribution in [3.8, 4) is 0 Å². The van der Waals surface area contributed by atoms with E-state index in [-0.39, 0.29) is 18.2 Å². The van der Waals surface area contributed by atoms with E-state index in [0.717, 1.165) is 12.0 Å². The molecule has 18 heavy (non-hydrogen) atoms. The normalized spacial score (nSPS) is 12.7. The largest absolute Gasteiger partial charge is 0.349 e. The standard InChI is InChI=1S/C14H16F2N2/c1-2-14(17)10-6-7-18(8-10)9-11-12(15)4-3-5-13(11)16/h3-8,14H,2,9,17H2,1H3. The molecule has 2 N–H and O–H groups in total. The van der Waals surface area contributed by atoms with Crippen LogP contribution in [0.25, 0.3) is 0 Å². The Morgan fingerprint density at radius 3 is 2.50 bits per heavy atom. The zero-order valence-electron chi connectivity index (χ0n) is 10.2. The molecule has 2 nitrogen and oxygen atoms in total. The number of rotatable bonds is 4. The highest BCUT2D eigenvalue weighted by Gasteiger charge is 2.10. The lowest BCUT2D eigenvalue weighted by Gasteiger charge is -2.07. The number of nitrogens with two attached hydrogens (primary N) is 1. The van der Waals surface area contributed by atoms with Crippen LogP contribution in [0.15, 0.2) is 36.7 Å². The second-order valence-electron chi connectivity index (χ2n) is 4.33. The molecule has 4 heteroatoms. The van der Waals surface area contributed by atoms with E-state index in [2.05, 4.69) is 0 Å². The second kappa shape index (κ2) is 5.31. The fourth-order valence-corrected chi connectivity index (χ4v) is 1.88. The van der Waals surface area contributed by atoms with Crippen molar-refractivity contribution < 1.29 is 8.78 Å². The molecule has 0 saturated heterocycles. The molecule has 0 aliphatic rings. The summed E-state index contributed by atoms with van der Waals surface area (Å²) in [5.74, 6) is -1.05. The summed E-state index contributed by atoms with van der Waals surface area (Å²) in [7, 11) is 0. The van der Waals surface area contributed by atoms with Gasteiger partial charge in [-0.25, -0.2) is 8.78 Å². The molecule has 1 unspecified atom stereocenters. The van der Waals surface area contributed by atoms with Crippen molar-refractivity contribution in [2.24, 2.45) is 5.73 Å². The first kappa shape index (κ1) is 12.8. The molecule has 96 valence electrons. The molecular weight excluding hydrogens is 234 g/mol. The predicted molar refractivity (Wildman–Crippen MR) is 67.1 cm³/mol. The van der Waals surface area contributed by atoms with E-state index in [1.165, 1.54) is 18.2 Å². The molecule has 1 atom stereocenters. The molecule has 2 rings (SSSR count). The van der Waals surface area contributed by atoms with Gasteiger partial charge in [-0.3, -0.25) is 0 Å². The van der Waals surface area contributed by atoms with Gasteiger partial charge in [0.05, 0.1) is 6.54 Å². The van der Waals surface area contributed by atoms with E-state index in [0.29, 0.717) is 0 Å².